The van der Waals surface area contributed by atoms with E-state index >= 15 is 0 Å². The molecule has 0 atom stereocenters. The van der Waals surface area contributed by atoms with Crippen molar-refractivity contribution in [3.8, 4) is 11.1 Å². The molecule has 0 saturated heterocycles. The average molecular weight is 271 g/mol. The SMILES string of the molecule is FC(F)(F)c1ccccc1-c1ccc(CCl)cc1. The molecule has 0 amide bonds. The first-order valence-electron chi connectivity index (χ1n) is 5.34. The Morgan fingerprint density at radius 2 is 1.50 bits per heavy atom. The van der Waals surface area contributed by atoms with Gasteiger partial charge in [0.2, 0.25) is 0 Å². The van der Waals surface area contributed by atoms with Gasteiger partial charge < -0.3 is 0 Å². The van der Waals surface area contributed by atoms with Crippen molar-refractivity contribution >= 4 is 11.6 Å². The molecule has 2 rings (SSSR count). The Bertz CT molecular complexity index is 529. The van der Waals surface area contributed by atoms with Gasteiger partial charge >= 0.3 is 6.18 Å². The van der Waals surface area contributed by atoms with E-state index in [1.807, 2.05) is 0 Å². The van der Waals surface area contributed by atoms with Crippen LogP contribution in [0.1, 0.15) is 11.1 Å². The quantitative estimate of drug-likeness (QED) is 0.665. The van der Waals surface area contributed by atoms with Crippen LogP contribution < -0.4 is 0 Å². The van der Waals surface area contributed by atoms with E-state index in [1.165, 1.54) is 12.1 Å². The second-order valence-electron chi connectivity index (χ2n) is 3.87. The molecule has 0 saturated carbocycles. The molecule has 0 aromatic heterocycles. The minimum atomic E-state index is -4.35. The van der Waals surface area contributed by atoms with Crippen LogP contribution in [0.5, 0.6) is 0 Å². The molecule has 0 fully saturated rings. The zero-order chi connectivity index (χ0) is 13.2. The van der Waals surface area contributed by atoms with Gasteiger partial charge in [-0.3, -0.25) is 0 Å². The summed E-state index contributed by atoms with van der Waals surface area (Å²) < 4.78 is 38.6. The van der Waals surface area contributed by atoms with Gasteiger partial charge in [0.05, 0.1) is 5.56 Å². The number of benzene rings is 2. The summed E-state index contributed by atoms with van der Waals surface area (Å²) in [5, 5.41) is 0. The molecule has 0 unspecified atom stereocenters. The highest BCUT2D eigenvalue weighted by Gasteiger charge is 2.33. The monoisotopic (exact) mass is 270 g/mol. The van der Waals surface area contributed by atoms with Crippen LogP contribution in [0.25, 0.3) is 11.1 Å². The Hall–Kier alpha value is -1.48. The molecule has 0 nitrogen and oxygen atoms in total. The fraction of sp³-hybridized carbons (Fsp3) is 0.143. The molecule has 0 aliphatic rings. The van der Waals surface area contributed by atoms with Crippen molar-refractivity contribution in [1.29, 1.82) is 0 Å². The van der Waals surface area contributed by atoms with Gasteiger partial charge in [-0.15, -0.1) is 11.6 Å². The summed E-state index contributed by atoms with van der Waals surface area (Å²) in [5.74, 6) is 0.348. The molecule has 4 heteroatoms. The predicted molar refractivity (Wildman–Crippen MR) is 66.4 cm³/mol. The molecule has 0 bridgehead atoms. The van der Waals surface area contributed by atoms with Gasteiger partial charge in [0, 0.05) is 5.88 Å². The first kappa shape index (κ1) is 13.0. The van der Waals surface area contributed by atoms with Crippen LogP contribution >= 0.6 is 11.6 Å². The second kappa shape index (κ2) is 5.02. The maximum atomic E-state index is 12.9. The lowest BCUT2D eigenvalue weighted by Gasteiger charge is -2.12. The van der Waals surface area contributed by atoms with Gasteiger partial charge in [-0.05, 0) is 22.8 Å². The van der Waals surface area contributed by atoms with Crippen LogP contribution in [0, 0.1) is 0 Å². The highest BCUT2D eigenvalue weighted by atomic mass is 35.5. The molecule has 18 heavy (non-hydrogen) atoms. The van der Waals surface area contributed by atoms with Crippen LogP contribution in [-0.4, -0.2) is 0 Å². The first-order valence-corrected chi connectivity index (χ1v) is 5.87. The topological polar surface area (TPSA) is 0 Å². The van der Waals surface area contributed by atoms with Gasteiger partial charge in [-0.1, -0.05) is 42.5 Å². The Morgan fingerprint density at radius 3 is 2.06 bits per heavy atom. The summed E-state index contributed by atoms with van der Waals surface area (Å²) in [7, 11) is 0. The molecule has 0 heterocycles. The van der Waals surface area contributed by atoms with Crippen LogP contribution in [0.4, 0.5) is 13.2 Å². The van der Waals surface area contributed by atoms with Crippen molar-refractivity contribution in [3.05, 3.63) is 59.7 Å². The normalized spacial score (nSPS) is 11.6. The van der Waals surface area contributed by atoms with Crippen molar-refractivity contribution in [3.63, 3.8) is 0 Å². The summed E-state index contributed by atoms with van der Waals surface area (Å²) in [6, 6.07) is 12.3. The third-order valence-electron chi connectivity index (χ3n) is 2.65. The number of rotatable bonds is 2. The van der Waals surface area contributed by atoms with Gasteiger partial charge in [-0.25, -0.2) is 0 Å². The van der Waals surface area contributed by atoms with Crippen molar-refractivity contribution in [1.82, 2.24) is 0 Å². The number of hydrogen-bond donors (Lipinski definition) is 0. The van der Waals surface area contributed by atoms with Crippen molar-refractivity contribution < 1.29 is 13.2 Å². The molecule has 0 aliphatic heterocycles. The lowest BCUT2D eigenvalue weighted by Crippen LogP contribution is -2.06. The van der Waals surface area contributed by atoms with Gasteiger partial charge in [0.25, 0.3) is 0 Å². The molecule has 0 radical (unpaired) electrons. The molecule has 0 spiro atoms. The van der Waals surface area contributed by atoms with Crippen LogP contribution in [0.3, 0.4) is 0 Å². The van der Waals surface area contributed by atoms with Crippen LogP contribution in [0.15, 0.2) is 48.5 Å². The minimum Gasteiger partial charge on any atom is -0.166 e. The molecule has 0 aliphatic carbocycles. The molecule has 0 N–H and O–H groups in total. The standard InChI is InChI=1S/C14H10ClF3/c15-9-10-5-7-11(8-6-10)12-3-1-2-4-13(12)14(16,17)18/h1-8H,9H2. The number of alkyl halides is 4. The van der Waals surface area contributed by atoms with E-state index < -0.39 is 11.7 Å². The molecule has 94 valence electrons. The maximum absolute atomic E-state index is 12.9. The van der Waals surface area contributed by atoms with E-state index in [0.29, 0.717) is 11.4 Å². The lowest BCUT2D eigenvalue weighted by molar-refractivity contribution is -0.137. The lowest BCUT2D eigenvalue weighted by atomic mass is 9.98. The summed E-state index contributed by atoms with van der Waals surface area (Å²) in [5.41, 5.74) is 0.983. The summed E-state index contributed by atoms with van der Waals surface area (Å²) >= 11 is 5.65. The van der Waals surface area contributed by atoms with E-state index in [-0.39, 0.29) is 5.56 Å². The van der Waals surface area contributed by atoms with Crippen molar-refractivity contribution in [2.45, 2.75) is 12.1 Å². The van der Waals surface area contributed by atoms with E-state index in [2.05, 4.69) is 0 Å². The Balaban J connectivity index is 2.50. The number of halogens is 4. The fourth-order valence-corrected chi connectivity index (χ4v) is 1.93. The third kappa shape index (κ3) is 2.67. The van der Waals surface area contributed by atoms with Crippen molar-refractivity contribution in [2.75, 3.05) is 0 Å². The number of hydrogen-bond acceptors (Lipinski definition) is 0. The zero-order valence-corrected chi connectivity index (χ0v) is 10.1. The molecule has 2 aromatic carbocycles. The minimum absolute atomic E-state index is 0.186. The van der Waals surface area contributed by atoms with E-state index in [9.17, 15) is 13.2 Å². The fourth-order valence-electron chi connectivity index (χ4n) is 1.76. The Kier molecular flexibility index (Phi) is 3.62. The van der Waals surface area contributed by atoms with Crippen LogP contribution in [0.2, 0.25) is 0 Å². The maximum Gasteiger partial charge on any atom is 0.417 e. The van der Waals surface area contributed by atoms with E-state index in [1.54, 1.807) is 30.3 Å². The third-order valence-corrected chi connectivity index (χ3v) is 2.96. The molecular weight excluding hydrogens is 261 g/mol. The summed E-state index contributed by atoms with van der Waals surface area (Å²) in [6.45, 7) is 0. The Morgan fingerprint density at radius 1 is 0.889 bits per heavy atom. The van der Waals surface area contributed by atoms with Crippen LogP contribution in [-0.2, 0) is 12.1 Å². The average Bonchev–Trinajstić information content (AvgIpc) is 2.38. The van der Waals surface area contributed by atoms with Gasteiger partial charge in [0.15, 0.2) is 0 Å². The Labute approximate surface area is 108 Å². The van der Waals surface area contributed by atoms with Gasteiger partial charge in [0.1, 0.15) is 0 Å². The first-order chi connectivity index (χ1) is 8.52. The molecule has 2 aromatic rings. The summed E-state index contributed by atoms with van der Waals surface area (Å²) in [4.78, 5) is 0. The predicted octanol–water partition coefficient (Wildman–Crippen LogP) is 5.11. The van der Waals surface area contributed by atoms with Crippen molar-refractivity contribution in [2.24, 2.45) is 0 Å². The zero-order valence-electron chi connectivity index (χ0n) is 9.34. The van der Waals surface area contributed by atoms with E-state index in [0.717, 1.165) is 11.6 Å². The highest BCUT2D eigenvalue weighted by Crippen LogP contribution is 2.36. The smallest absolute Gasteiger partial charge is 0.166 e. The second-order valence-corrected chi connectivity index (χ2v) is 4.14. The molecular formula is C14H10ClF3. The van der Waals surface area contributed by atoms with Gasteiger partial charge in [-0.2, -0.15) is 13.2 Å². The largest absolute Gasteiger partial charge is 0.417 e. The summed E-state index contributed by atoms with van der Waals surface area (Å²) in [6.07, 6.45) is -4.35. The highest BCUT2D eigenvalue weighted by molar-refractivity contribution is 6.17. The van der Waals surface area contributed by atoms with E-state index in [4.69, 9.17) is 11.6 Å².